The van der Waals surface area contributed by atoms with Gasteiger partial charge in [0.15, 0.2) is 0 Å². The Morgan fingerprint density at radius 1 is 1.11 bits per heavy atom. The van der Waals surface area contributed by atoms with Crippen molar-refractivity contribution in [3.63, 3.8) is 0 Å². The molecule has 0 heterocycles. The van der Waals surface area contributed by atoms with Crippen molar-refractivity contribution in [1.29, 1.82) is 0 Å². The van der Waals surface area contributed by atoms with Crippen LogP contribution in [0.25, 0.3) is 0 Å². The average molecular weight is 326 g/mol. The molecule has 0 aliphatic carbocycles. The first-order chi connectivity index (χ1) is 9.06. The molecule has 100 valence electrons. The molecular formula is C15H14BrF2N. The summed E-state index contributed by atoms with van der Waals surface area (Å²) in [5.74, 6) is -0.497. The lowest BCUT2D eigenvalue weighted by Crippen LogP contribution is -2.18. The zero-order valence-corrected chi connectivity index (χ0v) is 12.0. The van der Waals surface area contributed by atoms with Gasteiger partial charge in [0.2, 0.25) is 0 Å². The number of hydrogen-bond acceptors (Lipinski definition) is 1. The second kappa shape index (κ2) is 6.26. The minimum Gasteiger partial charge on any atom is -0.306 e. The summed E-state index contributed by atoms with van der Waals surface area (Å²) in [5.41, 5.74) is 1.58. The highest BCUT2D eigenvalue weighted by atomic mass is 79.9. The highest BCUT2D eigenvalue weighted by molar-refractivity contribution is 9.10. The molecule has 0 radical (unpaired) electrons. The lowest BCUT2D eigenvalue weighted by Gasteiger charge is -2.14. The Balaban J connectivity index is 2.00. The Morgan fingerprint density at radius 3 is 2.42 bits per heavy atom. The zero-order valence-electron chi connectivity index (χ0n) is 10.5. The van der Waals surface area contributed by atoms with Gasteiger partial charge in [-0.25, -0.2) is 8.78 Å². The Labute approximate surface area is 119 Å². The molecule has 1 unspecified atom stereocenters. The number of halogens is 3. The maximum absolute atomic E-state index is 13.6. The van der Waals surface area contributed by atoms with E-state index >= 15 is 0 Å². The number of benzene rings is 2. The molecule has 2 aromatic rings. The van der Waals surface area contributed by atoms with Crippen LogP contribution in [-0.4, -0.2) is 0 Å². The molecule has 0 spiro atoms. The molecule has 0 aliphatic rings. The third-order valence-electron chi connectivity index (χ3n) is 2.98. The van der Waals surface area contributed by atoms with E-state index in [2.05, 4.69) is 21.2 Å². The van der Waals surface area contributed by atoms with Gasteiger partial charge in [0.1, 0.15) is 11.6 Å². The summed E-state index contributed by atoms with van der Waals surface area (Å²) in [6, 6.07) is 11.3. The fraction of sp³-hybridized carbons (Fsp3) is 0.200. The van der Waals surface area contributed by atoms with E-state index < -0.39 is 0 Å². The summed E-state index contributed by atoms with van der Waals surface area (Å²) >= 11 is 3.22. The predicted octanol–water partition coefficient (Wildman–Crippen LogP) is 4.58. The second-order valence-electron chi connectivity index (χ2n) is 4.39. The maximum atomic E-state index is 13.6. The zero-order chi connectivity index (χ0) is 13.8. The summed E-state index contributed by atoms with van der Waals surface area (Å²) in [4.78, 5) is 0. The van der Waals surface area contributed by atoms with Crippen molar-refractivity contribution in [2.75, 3.05) is 0 Å². The smallest absolute Gasteiger partial charge is 0.128 e. The molecule has 1 atom stereocenters. The van der Waals surface area contributed by atoms with E-state index in [0.29, 0.717) is 12.1 Å². The van der Waals surface area contributed by atoms with Crippen molar-refractivity contribution in [2.24, 2.45) is 0 Å². The maximum Gasteiger partial charge on any atom is 0.128 e. The number of nitrogens with one attached hydrogen (secondary N) is 1. The van der Waals surface area contributed by atoms with Crippen molar-refractivity contribution < 1.29 is 8.78 Å². The summed E-state index contributed by atoms with van der Waals surface area (Å²) in [6.07, 6.45) is 0. The standard InChI is InChI=1S/C15H14BrF2N/c1-10(11-3-6-14(17)7-4-11)19-9-12-2-5-13(16)8-15(12)18/h2-8,10,19H,9H2,1H3. The molecule has 4 heteroatoms. The third-order valence-corrected chi connectivity index (χ3v) is 3.48. The Morgan fingerprint density at radius 2 is 1.79 bits per heavy atom. The van der Waals surface area contributed by atoms with E-state index in [-0.39, 0.29) is 17.7 Å². The van der Waals surface area contributed by atoms with Crippen LogP contribution in [-0.2, 0) is 6.54 Å². The van der Waals surface area contributed by atoms with E-state index in [1.807, 2.05) is 13.0 Å². The Kier molecular flexibility index (Phi) is 4.66. The fourth-order valence-electron chi connectivity index (χ4n) is 1.80. The highest BCUT2D eigenvalue weighted by Crippen LogP contribution is 2.17. The lowest BCUT2D eigenvalue weighted by molar-refractivity contribution is 0.542. The molecule has 2 aromatic carbocycles. The third kappa shape index (κ3) is 3.85. The molecular weight excluding hydrogens is 312 g/mol. The van der Waals surface area contributed by atoms with Crippen LogP contribution in [0.5, 0.6) is 0 Å². The van der Waals surface area contributed by atoms with E-state index in [1.165, 1.54) is 18.2 Å². The number of hydrogen-bond donors (Lipinski definition) is 1. The van der Waals surface area contributed by atoms with Gasteiger partial charge in [-0.2, -0.15) is 0 Å². The Hall–Kier alpha value is -1.26. The fourth-order valence-corrected chi connectivity index (χ4v) is 2.13. The SMILES string of the molecule is CC(NCc1ccc(Br)cc1F)c1ccc(F)cc1. The molecule has 0 saturated heterocycles. The molecule has 0 amide bonds. The molecule has 0 fully saturated rings. The van der Waals surface area contributed by atoms with Gasteiger partial charge < -0.3 is 5.32 Å². The molecule has 0 aliphatic heterocycles. The van der Waals surface area contributed by atoms with Crippen LogP contribution >= 0.6 is 15.9 Å². The molecule has 0 aromatic heterocycles. The predicted molar refractivity (Wildman–Crippen MR) is 75.8 cm³/mol. The van der Waals surface area contributed by atoms with Crippen molar-refractivity contribution in [1.82, 2.24) is 5.32 Å². The summed E-state index contributed by atoms with van der Waals surface area (Å²) in [5, 5.41) is 3.22. The van der Waals surface area contributed by atoms with Crippen LogP contribution in [0.3, 0.4) is 0 Å². The Bertz CT molecular complexity index is 555. The van der Waals surface area contributed by atoms with Crippen LogP contribution in [0.4, 0.5) is 8.78 Å². The van der Waals surface area contributed by atoms with Crippen LogP contribution in [0.2, 0.25) is 0 Å². The largest absolute Gasteiger partial charge is 0.306 e. The quantitative estimate of drug-likeness (QED) is 0.867. The van der Waals surface area contributed by atoms with Gasteiger partial charge >= 0.3 is 0 Å². The van der Waals surface area contributed by atoms with E-state index in [0.717, 1.165) is 10.0 Å². The van der Waals surface area contributed by atoms with Crippen molar-refractivity contribution in [3.05, 3.63) is 69.7 Å². The van der Waals surface area contributed by atoms with Crippen molar-refractivity contribution >= 4 is 15.9 Å². The van der Waals surface area contributed by atoms with Crippen LogP contribution < -0.4 is 5.32 Å². The minimum absolute atomic E-state index is 0.0312. The summed E-state index contributed by atoms with van der Waals surface area (Å²) in [6.45, 7) is 2.39. The first kappa shape index (κ1) is 14.2. The van der Waals surface area contributed by atoms with Gasteiger partial charge in [0.25, 0.3) is 0 Å². The molecule has 1 nitrogen and oxygen atoms in total. The van der Waals surface area contributed by atoms with Gasteiger partial charge in [-0.05, 0) is 36.8 Å². The van der Waals surface area contributed by atoms with Crippen LogP contribution in [0, 0.1) is 11.6 Å². The highest BCUT2D eigenvalue weighted by Gasteiger charge is 2.07. The molecule has 19 heavy (non-hydrogen) atoms. The van der Waals surface area contributed by atoms with Gasteiger partial charge in [-0.1, -0.05) is 34.1 Å². The molecule has 0 saturated carbocycles. The van der Waals surface area contributed by atoms with Gasteiger partial charge in [0.05, 0.1) is 0 Å². The van der Waals surface area contributed by atoms with Gasteiger partial charge in [-0.3, -0.25) is 0 Å². The van der Waals surface area contributed by atoms with Crippen LogP contribution in [0.1, 0.15) is 24.1 Å². The van der Waals surface area contributed by atoms with Crippen molar-refractivity contribution in [2.45, 2.75) is 19.5 Å². The van der Waals surface area contributed by atoms with Gasteiger partial charge in [-0.15, -0.1) is 0 Å². The number of rotatable bonds is 4. The minimum atomic E-state index is -0.255. The normalized spacial score (nSPS) is 12.4. The van der Waals surface area contributed by atoms with E-state index in [4.69, 9.17) is 0 Å². The average Bonchev–Trinajstić information content (AvgIpc) is 2.38. The van der Waals surface area contributed by atoms with E-state index in [9.17, 15) is 8.78 Å². The second-order valence-corrected chi connectivity index (χ2v) is 5.31. The monoisotopic (exact) mass is 325 g/mol. The molecule has 2 rings (SSSR count). The molecule has 0 bridgehead atoms. The summed E-state index contributed by atoms with van der Waals surface area (Å²) in [7, 11) is 0. The van der Waals surface area contributed by atoms with E-state index in [1.54, 1.807) is 18.2 Å². The van der Waals surface area contributed by atoms with Crippen LogP contribution in [0.15, 0.2) is 46.9 Å². The first-order valence-electron chi connectivity index (χ1n) is 5.99. The lowest BCUT2D eigenvalue weighted by atomic mass is 10.1. The first-order valence-corrected chi connectivity index (χ1v) is 6.78. The van der Waals surface area contributed by atoms with Gasteiger partial charge in [0, 0.05) is 22.6 Å². The summed E-state index contributed by atoms with van der Waals surface area (Å²) < 4.78 is 27.2. The van der Waals surface area contributed by atoms with Crippen molar-refractivity contribution in [3.8, 4) is 0 Å². The molecule has 1 N–H and O–H groups in total. The topological polar surface area (TPSA) is 12.0 Å².